The number of halogens is 2. The number of hydrazone groups is 1. The van der Waals surface area contributed by atoms with E-state index in [1.807, 2.05) is 6.92 Å². The van der Waals surface area contributed by atoms with E-state index in [9.17, 15) is 8.42 Å². The van der Waals surface area contributed by atoms with Gasteiger partial charge in [-0.2, -0.15) is 13.5 Å². The Morgan fingerprint density at radius 2 is 2.00 bits per heavy atom. The highest BCUT2D eigenvalue weighted by Crippen LogP contribution is 2.24. The second kappa shape index (κ2) is 7.68. The van der Waals surface area contributed by atoms with E-state index in [4.69, 9.17) is 27.9 Å². The molecule has 2 rings (SSSR count). The molecule has 23 heavy (non-hydrogen) atoms. The first-order chi connectivity index (χ1) is 10.9. The average Bonchev–Trinajstić information content (AvgIpc) is 2.50. The molecule has 8 heteroatoms. The highest BCUT2D eigenvalue weighted by molar-refractivity contribution is 7.89. The molecule has 122 valence electrons. The molecule has 0 atom stereocenters. The summed E-state index contributed by atoms with van der Waals surface area (Å²) >= 11 is 11.7. The SMILES string of the molecule is CCOc1cccc(/C=N\NS(=O)(=O)c2cc(Cl)ccc2Cl)c1. The normalized spacial score (nSPS) is 11.6. The van der Waals surface area contributed by atoms with Gasteiger partial charge in [-0.3, -0.25) is 0 Å². The Bertz CT molecular complexity index is 823. The van der Waals surface area contributed by atoms with Crippen molar-refractivity contribution in [3.05, 3.63) is 58.1 Å². The molecule has 0 saturated carbocycles. The minimum Gasteiger partial charge on any atom is -0.494 e. The molecule has 0 radical (unpaired) electrons. The van der Waals surface area contributed by atoms with Crippen LogP contribution in [0.15, 0.2) is 52.5 Å². The van der Waals surface area contributed by atoms with E-state index in [0.29, 0.717) is 17.9 Å². The van der Waals surface area contributed by atoms with Gasteiger partial charge in [0.1, 0.15) is 10.6 Å². The largest absolute Gasteiger partial charge is 0.494 e. The third kappa shape index (κ3) is 4.86. The molecule has 2 aromatic carbocycles. The Kier molecular flexibility index (Phi) is 5.87. The number of benzene rings is 2. The minimum absolute atomic E-state index is 0.0652. The van der Waals surface area contributed by atoms with Gasteiger partial charge in [0.15, 0.2) is 0 Å². The van der Waals surface area contributed by atoms with Gasteiger partial charge in [-0.15, -0.1) is 0 Å². The number of hydrogen-bond acceptors (Lipinski definition) is 4. The van der Waals surface area contributed by atoms with E-state index in [2.05, 4.69) is 9.93 Å². The van der Waals surface area contributed by atoms with Gasteiger partial charge in [0.25, 0.3) is 10.0 Å². The van der Waals surface area contributed by atoms with Crippen molar-refractivity contribution in [1.29, 1.82) is 0 Å². The predicted octanol–water partition coefficient (Wildman–Crippen LogP) is 3.70. The first-order valence-electron chi connectivity index (χ1n) is 6.65. The van der Waals surface area contributed by atoms with Crippen molar-refractivity contribution in [2.24, 2.45) is 5.10 Å². The van der Waals surface area contributed by atoms with Gasteiger partial charge in [0.2, 0.25) is 0 Å². The molecule has 2 aromatic rings. The first-order valence-corrected chi connectivity index (χ1v) is 8.89. The first kappa shape index (κ1) is 17.6. The molecule has 0 amide bonds. The summed E-state index contributed by atoms with van der Waals surface area (Å²) in [5.74, 6) is 0.678. The number of hydrogen-bond donors (Lipinski definition) is 1. The van der Waals surface area contributed by atoms with Crippen LogP contribution >= 0.6 is 23.2 Å². The van der Waals surface area contributed by atoms with E-state index in [0.717, 1.165) is 0 Å². The van der Waals surface area contributed by atoms with Crippen LogP contribution in [0.25, 0.3) is 0 Å². The molecular formula is C15H14Cl2N2O3S. The van der Waals surface area contributed by atoms with Gasteiger partial charge >= 0.3 is 0 Å². The van der Waals surface area contributed by atoms with Gasteiger partial charge in [-0.25, -0.2) is 4.83 Å². The summed E-state index contributed by atoms with van der Waals surface area (Å²) in [6.07, 6.45) is 1.37. The lowest BCUT2D eigenvalue weighted by molar-refractivity contribution is 0.340. The van der Waals surface area contributed by atoms with Crippen molar-refractivity contribution in [2.45, 2.75) is 11.8 Å². The van der Waals surface area contributed by atoms with Crippen LogP contribution in [0, 0.1) is 0 Å². The van der Waals surface area contributed by atoms with Crippen LogP contribution in [0.3, 0.4) is 0 Å². The molecular weight excluding hydrogens is 359 g/mol. The van der Waals surface area contributed by atoms with E-state index in [-0.39, 0.29) is 14.9 Å². The van der Waals surface area contributed by atoms with Gasteiger partial charge in [0, 0.05) is 5.02 Å². The number of ether oxygens (including phenoxy) is 1. The molecule has 1 N–H and O–H groups in total. The zero-order valence-corrected chi connectivity index (χ0v) is 14.5. The molecule has 0 aliphatic heterocycles. The highest BCUT2D eigenvalue weighted by Gasteiger charge is 2.17. The maximum absolute atomic E-state index is 12.2. The summed E-state index contributed by atoms with van der Waals surface area (Å²) in [5.41, 5.74) is 0.691. The molecule has 0 aliphatic rings. The molecule has 0 fully saturated rings. The standard InChI is InChI=1S/C15H14Cl2N2O3S/c1-2-22-13-5-3-4-11(8-13)10-18-19-23(20,21)15-9-12(16)6-7-14(15)17/h3-10,19H,2H2,1H3/b18-10-. The number of nitrogens with one attached hydrogen (secondary N) is 1. The van der Waals surface area contributed by atoms with Crippen molar-refractivity contribution in [1.82, 2.24) is 4.83 Å². The van der Waals surface area contributed by atoms with Crippen LogP contribution < -0.4 is 9.57 Å². The number of nitrogens with zero attached hydrogens (tertiary/aromatic N) is 1. The van der Waals surface area contributed by atoms with E-state index in [1.165, 1.54) is 24.4 Å². The summed E-state index contributed by atoms with van der Waals surface area (Å²) in [6, 6.07) is 11.3. The second-order valence-electron chi connectivity index (χ2n) is 4.43. The van der Waals surface area contributed by atoms with Crippen LogP contribution in [-0.4, -0.2) is 21.2 Å². The van der Waals surface area contributed by atoms with E-state index >= 15 is 0 Å². The fourth-order valence-corrected chi connectivity index (χ4v) is 3.31. The number of sulfonamides is 1. The molecule has 0 saturated heterocycles. The Hall–Kier alpha value is -1.76. The molecule has 0 unspecified atom stereocenters. The predicted molar refractivity (Wildman–Crippen MR) is 92.0 cm³/mol. The summed E-state index contributed by atoms with van der Waals surface area (Å²) in [5, 5.41) is 4.07. The smallest absolute Gasteiger partial charge is 0.278 e. The topological polar surface area (TPSA) is 67.8 Å². The lowest BCUT2D eigenvalue weighted by atomic mass is 10.2. The summed E-state index contributed by atoms with van der Waals surface area (Å²) in [6.45, 7) is 2.42. The summed E-state index contributed by atoms with van der Waals surface area (Å²) in [7, 11) is -3.90. The lowest BCUT2D eigenvalue weighted by Crippen LogP contribution is -2.18. The van der Waals surface area contributed by atoms with Crippen LogP contribution in [0.2, 0.25) is 10.0 Å². The number of rotatable bonds is 6. The molecule has 5 nitrogen and oxygen atoms in total. The Balaban J connectivity index is 2.15. The van der Waals surface area contributed by atoms with Gasteiger partial charge in [0.05, 0.1) is 17.8 Å². The minimum atomic E-state index is -3.90. The Morgan fingerprint density at radius 1 is 1.22 bits per heavy atom. The lowest BCUT2D eigenvalue weighted by Gasteiger charge is -2.06. The Morgan fingerprint density at radius 3 is 2.74 bits per heavy atom. The molecule has 0 bridgehead atoms. The van der Waals surface area contributed by atoms with Gasteiger partial charge in [-0.1, -0.05) is 35.3 Å². The third-order valence-electron chi connectivity index (χ3n) is 2.74. The second-order valence-corrected chi connectivity index (χ2v) is 6.91. The van der Waals surface area contributed by atoms with Gasteiger partial charge in [-0.05, 0) is 42.8 Å². The van der Waals surface area contributed by atoms with Crippen molar-refractivity contribution in [3.63, 3.8) is 0 Å². The van der Waals surface area contributed by atoms with Crippen molar-refractivity contribution in [3.8, 4) is 5.75 Å². The Labute approximate surface area is 144 Å². The van der Waals surface area contributed by atoms with Crippen LogP contribution in [-0.2, 0) is 10.0 Å². The summed E-state index contributed by atoms with van der Waals surface area (Å²) in [4.78, 5) is 1.97. The van der Waals surface area contributed by atoms with Crippen molar-refractivity contribution in [2.75, 3.05) is 6.61 Å². The van der Waals surface area contributed by atoms with E-state index in [1.54, 1.807) is 24.3 Å². The van der Waals surface area contributed by atoms with E-state index < -0.39 is 10.0 Å². The van der Waals surface area contributed by atoms with Crippen molar-refractivity contribution < 1.29 is 13.2 Å². The van der Waals surface area contributed by atoms with Crippen LogP contribution in [0.4, 0.5) is 0 Å². The molecule has 0 spiro atoms. The highest BCUT2D eigenvalue weighted by atomic mass is 35.5. The maximum atomic E-state index is 12.2. The fourth-order valence-electron chi connectivity index (χ4n) is 1.75. The van der Waals surface area contributed by atoms with Crippen LogP contribution in [0.1, 0.15) is 12.5 Å². The van der Waals surface area contributed by atoms with Crippen LogP contribution in [0.5, 0.6) is 5.75 Å². The molecule has 0 aliphatic carbocycles. The summed E-state index contributed by atoms with van der Waals surface area (Å²) < 4.78 is 29.7. The molecule has 0 aromatic heterocycles. The zero-order chi connectivity index (χ0) is 16.9. The quantitative estimate of drug-likeness (QED) is 0.620. The monoisotopic (exact) mass is 372 g/mol. The fraction of sp³-hybridized carbons (Fsp3) is 0.133. The zero-order valence-electron chi connectivity index (χ0n) is 12.2. The maximum Gasteiger partial charge on any atom is 0.278 e. The van der Waals surface area contributed by atoms with Crippen molar-refractivity contribution >= 4 is 39.4 Å². The van der Waals surface area contributed by atoms with Gasteiger partial charge < -0.3 is 4.74 Å². The molecule has 0 heterocycles. The average molecular weight is 373 g/mol. The third-order valence-corrected chi connectivity index (χ3v) is 4.68.